The Labute approximate surface area is 168 Å². The van der Waals surface area contributed by atoms with Crippen molar-refractivity contribution in [2.45, 2.75) is 6.04 Å². The van der Waals surface area contributed by atoms with E-state index >= 15 is 0 Å². The molecule has 0 unspecified atom stereocenters. The molecule has 0 aliphatic carbocycles. The first-order valence-corrected chi connectivity index (χ1v) is 9.57. The van der Waals surface area contributed by atoms with Crippen molar-refractivity contribution in [3.63, 3.8) is 0 Å². The summed E-state index contributed by atoms with van der Waals surface area (Å²) in [5.74, 6) is -1.17. The van der Waals surface area contributed by atoms with Crippen LogP contribution in [0.2, 0.25) is 0 Å². The van der Waals surface area contributed by atoms with Gasteiger partial charge in [0.2, 0.25) is 6.79 Å². The third-order valence-electron chi connectivity index (χ3n) is 5.41. The summed E-state index contributed by atoms with van der Waals surface area (Å²) in [4.78, 5) is 17.0. The van der Waals surface area contributed by atoms with Crippen LogP contribution < -0.4 is 14.8 Å². The van der Waals surface area contributed by atoms with Gasteiger partial charge >= 0.3 is 0 Å². The highest BCUT2D eigenvalue weighted by molar-refractivity contribution is 5.94. The largest absolute Gasteiger partial charge is 0.454 e. The van der Waals surface area contributed by atoms with Crippen LogP contribution in [-0.4, -0.2) is 62.3 Å². The summed E-state index contributed by atoms with van der Waals surface area (Å²) in [7, 11) is 2.07. The van der Waals surface area contributed by atoms with E-state index in [0.29, 0.717) is 11.5 Å². The third-order valence-corrected chi connectivity index (χ3v) is 5.41. The van der Waals surface area contributed by atoms with Gasteiger partial charge in [-0.3, -0.25) is 9.69 Å². The summed E-state index contributed by atoms with van der Waals surface area (Å²) in [6.45, 7) is 3.84. The molecule has 2 aromatic carbocycles. The molecule has 1 saturated heterocycles. The Morgan fingerprint density at radius 2 is 1.76 bits per heavy atom. The minimum absolute atomic E-state index is 0.156. The van der Waals surface area contributed by atoms with Crippen molar-refractivity contribution in [3.05, 3.63) is 59.2 Å². The highest BCUT2D eigenvalue weighted by Gasteiger charge is 2.27. The molecule has 0 bridgehead atoms. The van der Waals surface area contributed by atoms with Gasteiger partial charge in [-0.25, -0.2) is 8.78 Å². The zero-order valence-electron chi connectivity index (χ0n) is 16.2. The van der Waals surface area contributed by atoms with Crippen LogP contribution in [0.15, 0.2) is 36.4 Å². The number of carbonyl (C=O) groups excluding carboxylic acids is 1. The van der Waals surface area contributed by atoms with Crippen LogP contribution in [0.1, 0.15) is 22.0 Å². The Kier molecular flexibility index (Phi) is 5.64. The second-order valence-corrected chi connectivity index (χ2v) is 7.27. The number of carbonyl (C=O) groups is 1. The van der Waals surface area contributed by atoms with Crippen molar-refractivity contribution in [1.29, 1.82) is 0 Å². The van der Waals surface area contributed by atoms with E-state index in [-0.39, 0.29) is 19.4 Å². The second-order valence-electron chi connectivity index (χ2n) is 7.27. The van der Waals surface area contributed by atoms with Gasteiger partial charge in [-0.15, -0.1) is 0 Å². The minimum Gasteiger partial charge on any atom is -0.454 e. The maximum Gasteiger partial charge on any atom is 0.257 e. The Bertz CT molecular complexity index is 880. The molecule has 0 radical (unpaired) electrons. The average Bonchev–Trinajstić information content (AvgIpc) is 3.17. The maximum atomic E-state index is 13.9. The molecule has 154 valence electrons. The minimum atomic E-state index is -0.873. The van der Waals surface area contributed by atoms with Crippen LogP contribution in [0, 0.1) is 11.6 Å². The van der Waals surface area contributed by atoms with Gasteiger partial charge in [0.15, 0.2) is 11.5 Å². The predicted octanol–water partition coefficient (Wildman–Crippen LogP) is 2.41. The van der Waals surface area contributed by atoms with E-state index in [4.69, 9.17) is 9.47 Å². The van der Waals surface area contributed by atoms with Crippen molar-refractivity contribution >= 4 is 5.91 Å². The maximum absolute atomic E-state index is 13.9. The number of fused-ring (bicyclic) bond motifs is 1. The quantitative estimate of drug-likeness (QED) is 0.831. The first-order chi connectivity index (χ1) is 14.0. The SMILES string of the molecule is CN1CCN([C@H](CNC(=O)c2c(F)cccc2F)c2ccc3c(c2)OCO3)CC1. The molecule has 0 saturated carbocycles. The standard InChI is InChI=1S/C21H23F2N3O3/c1-25-7-9-26(10-8-25)17(14-5-6-18-19(11-14)29-13-28-18)12-24-21(27)20-15(22)3-2-4-16(20)23/h2-6,11,17H,7-10,12-13H2,1H3,(H,24,27)/t17-/m1/s1. The van der Waals surface area contributed by atoms with E-state index in [1.165, 1.54) is 6.07 Å². The smallest absolute Gasteiger partial charge is 0.257 e. The topological polar surface area (TPSA) is 54.0 Å². The molecule has 2 heterocycles. The number of ether oxygens (including phenoxy) is 2. The van der Waals surface area contributed by atoms with E-state index in [2.05, 4.69) is 22.2 Å². The van der Waals surface area contributed by atoms with Gasteiger partial charge in [0.25, 0.3) is 5.91 Å². The van der Waals surface area contributed by atoms with E-state index in [9.17, 15) is 13.6 Å². The van der Waals surface area contributed by atoms with E-state index < -0.39 is 23.1 Å². The van der Waals surface area contributed by atoms with Crippen LogP contribution in [0.3, 0.4) is 0 Å². The lowest BCUT2D eigenvalue weighted by Crippen LogP contribution is -2.48. The van der Waals surface area contributed by atoms with Gasteiger partial charge in [0, 0.05) is 32.7 Å². The number of hydrogen-bond donors (Lipinski definition) is 1. The number of nitrogens with one attached hydrogen (secondary N) is 1. The number of rotatable bonds is 5. The molecule has 1 N–H and O–H groups in total. The fourth-order valence-corrected chi connectivity index (χ4v) is 3.70. The van der Waals surface area contributed by atoms with Gasteiger partial charge in [-0.2, -0.15) is 0 Å². The second kappa shape index (κ2) is 8.34. The molecule has 6 nitrogen and oxygen atoms in total. The Balaban J connectivity index is 1.55. The van der Waals surface area contributed by atoms with Gasteiger partial charge in [0.1, 0.15) is 17.2 Å². The zero-order chi connectivity index (χ0) is 20.4. The van der Waals surface area contributed by atoms with Gasteiger partial charge in [-0.1, -0.05) is 12.1 Å². The van der Waals surface area contributed by atoms with Crippen molar-refractivity contribution in [2.75, 3.05) is 46.6 Å². The van der Waals surface area contributed by atoms with Gasteiger partial charge < -0.3 is 19.7 Å². The molecule has 2 aromatic rings. The Hall–Kier alpha value is -2.71. The zero-order valence-corrected chi connectivity index (χ0v) is 16.2. The number of amides is 1. The molecular formula is C21H23F2N3O3. The number of halogens is 2. The summed E-state index contributed by atoms with van der Waals surface area (Å²) in [6.07, 6.45) is 0. The molecule has 0 aromatic heterocycles. The molecule has 2 aliphatic heterocycles. The van der Waals surface area contributed by atoms with Crippen molar-refractivity contribution in [3.8, 4) is 11.5 Å². The van der Waals surface area contributed by atoms with E-state index in [0.717, 1.165) is 43.9 Å². The summed E-state index contributed by atoms with van der Waals surface area (Å²) < 4.78 is 38.8. The number of benzene rings is 2. The number of hydrogen-bond acceptors (Lipinski definition) is 5. The Morgan fingerprint density at radius 1 is 1.07 bits per heavy atom. The predicted molar refractivity (Wildman–Crippen MR) is 103 cm³/mol. The van der Waals surface area contributed by atoms with Crippen LogP contribution in [-0.2, 0) is 0 Å². The van der Waals surface area contributed by atoms with E-state index in [1.807, 2.05) is 18.2 Å². The molecule has 1 amide bonds. The lowest BCUT2D eigenvalue weighted by Gasteiger charge is -2.38. The highest BCUT2D eigenvalue weighted by Crippen LogP contribution is 2.35. The first kappa shape index (κ1) is 19.6. The summed E-state index contributed by atoms with van der Waals surface area (Å²) in [5.41, 5.74) is 0.392. The first-order valence-electron chi connectivity index (χ1n) is 9.57. The molecule has 2 aliphatic rings. The molecule has 8 heteroatoms. The monoisotopic (exact) mass is 403 g/mol. The van der Waals surface area contributed by atoms with Crippen LogP contribution in [0.5, 0.6) is 11.5 Å². The number of nitrogens with zero attached hydrogens (tertiary/aromatic N) is 2. The lowest BCUT2D eigenvalue weighted by atomic mass is 10.0. The molecule has 0 spiro atoms. The summed E-state index contributed by atoms with van der Waals surface area (Å²) in [5, 5.41) is 2.71. The third kappa shape index (κ3) is 4.18. The summed E-state index contributed by atoms with van der Waals surface area (Å²) >= 11 is 0. The van der Waals surface area contributed by atoms with Crippen LogP contribution in [0.4, 0.5) is 8.78 Å². The molecule has 4 rings (SSSR count). The van der Waals surface area contributed by atoms with E-state index in [1.54, 1.807) is 0 Å². The fourth-order valence-electron chi connectivity index (χ4n) is 3.70. The highest BCUT2D eigenvalue weighted by atomic mass is 19.1. The summed E-state index contributed by atoms with van der Waals surface area (Å²) in [6, 6.07) is 8.92. The molecule has 1 atom stereocenters. The van der Waals surface area contributed by atoms with Crippen molar-refractivity contribution < 1.29 is 23.0 Å². The van der Waals surface area contributed by atoms with Gasteiger partial charge in [0.05, 0.1) is 6.04 Å². The Morgan fingerprint density at radius 3 is 2.48 bits per heavy atom. The normalized spacial score (nSPS) is 17.9. The van der Waals surface area contributed by atoms with Crippen LogP contribution >= 0.6 is 0 Å². The van der Waals surface area contributed by atoms with Crippen molar-refractivity contribution in [1.82, 2.24) is 15.1 Å². The van der Waals surface area contributed by atoms with Crippen molar-refractivity contribution in [2.24, 2.45) is 0 Å². The lowest BCUT2D eigenvalue weighted by molar-refractivity contribution is 0.0879. The molecular weight excluding hydrogens is 380 g/mol. The molecule has 1 fully saturated rings. The number of piperazine rings is 1. The average molecular weight is 403 g/mol. The fraction of sp³-hybridized carbons (Fsp3) is 0.381. The van der Waals surface area contributed by atoms with Gasteiger partial charge in [-0.05, 0) is 36.9 Å². The molecule has 29 heavy (non-hydrogen) atoms. The number of likely N-dealkylation sites (N-methyl/N-ethyl adjacent to an activating group) is 1. The van der Waals surface area contributed by atoms with Crippen LogP contribution in [0.25, 0.3) is 0 Å².